The molecule has 0 amide bonds. The van der Waals surface area contributed by atoms with Crippen molar-refractivity contribution in [3.8, 4) is 11.3 Å². The molecule has 3 aliphatic rings. The third-order valence-corrected chi connectivity index (χ3v) is 8.42. The molecule has 2 aromatic heterocycles. The van der Waals surface area contributed by atoms with Crippen LogP contribution >= 0.6 is 22.9 Å². The standard InChI is InChI=1S/C22H23ClN2S/c23-18-6-2-4-15(8-18)19-13-26-21-24-20(12-25(19)21)22-9-14-3-1-5-16(10-22)17(7-14)11-22/h2,4,6,8,12-14,16-17H,1,3,5,7,9-11H2. The summed E-state index contributed by atoms with van der Waals surface area (Å²) in [6.45, 7) is 0. The number of halogens is 1. The first kappa shape index (κ1) is 15.7. The molecule has 3 aliphatic carbocycles. The summed E-state index contributed by atoms with van der Waals surface area (Å²) in [6.07, 6.45) is 12.3. The van der Waals surface area contributed by atoms with Gasteiger partial charge in [0.25, 0.3) is 0 Å². The van der Waals surface area contributed by atoms with Crippen molar-refractivity contribution >= 4 is 27.9 Å². The van der Waals surface area contributed by atoms with Crippen molar-refractivity contribution in [2.24, 2.45) is 17.8 Å². The van der Waals surface area contributed by atoms with E-state index in [4.69, 9.17) is 16.6 Å². The Kier molecular flexibility index (Phi) is 3.38. The van der Waals surface area contributed by atoms with E-state index < -0.39 is 0 Å². The van der Waals surface area contributed by atoms with Crippen molar-refractivity contribution in [1.82, 2.24) is 9.38 Å². The summed E-state index contributed by atoms with van der Waals surface area (Å²) in [5.74, 6) is 2.85. The van der Waals surface area contributed by atoms with Crippen LogP contribution in [0.4, 0.5) is 0 Å². The zero-order valence-electron chi connectivity index (χ0n) is 14.8. The number of rotatable bonds is 2. The van der Waals surface area contributed by atoms with Crippen LogP contribution in [-0.2, 0) is 5.41 Å². The topological polar surface area (TPSA) is 17.3 Å². The number of hydrogen-bond donors (Lipinski definition) is 0. The molecule has 0 saturated heterocycles. The summed E-state index contributed by atoms with van der Waals surface area (Å²) in [7, 11) is 0. The first-order valence-electron chi connectivity index (χ1n) is 9.93. The molecule has 134 valence electrons. The highest BCUT2D eigenvalue weighted by Crippen LogP contribution is 2.60. The minimum Gasteiger partial charge on any atom is -0.290 e. The highest BCUT2D eigenvalue weighted by atomic mass is 35.5. The second-order valence-corrected chi connectivity index (χ2v) is 10.1. The van der Waals surface area contributed by atoms with Crippen LogP contribution in [0.25, 0.3) is 16.2 Å². The summed E-state index contributed by atoms with van der Waals surface area (Å²) in [6, 6.07) is 8.16. The SMILES string of the molecule is Clc1cccc(-c2csc3nc(C45CC6CCCC(C4)C(C6)C5)cn23)c1. The Balaban J connectivity index is 1.44. The summed E-state index contributed by atoms with van der Waals surface area (Å²) in [5, 5.41) is 3.00. The Morgan fingerprint density at radius 3 is 3.00 bits per heavy atom. The molecular formula is C22H23ClN2S. The fourth-order valence-corrected chi connectivity index (χ4v) is 7.43. The number of imidazole rings is 1. The highest BCUT2D eigenvalue weighted by Gasteiger charge is 2.53. The first-order chi connectivity index (χ1) is 12.7. The summed E-state index contributed by atoms with van der Waals surface area (Å²) < 4.78 is 2.30. The molecule has 6 rings (SSSR count). The Morgan fingerprint density at radius 1 is 1.15 bits per heavy atom. The number of fused-ring (bicyclic) bond motifs is 3. The van der Waals surface area contributed by atoms with E-state index in [0.29, 0.717) is 5.41 Å². The normalized spacial score (nSPS) is 33.0. The molecule has 0 radical (unpaired) electrons. The van der Waals surface area contributed by atoms with Crippen molar-refractivity contribution in [1.29, 1.82) is 0 Å². The lowest BCUT2D eigenvalue weighted by molar-refractivity contribution is 0.215. The number of nitrogens with zero attached hydrogens (tertiary/aromatic N) is 2. The third kappa shape index (κ3) is 2.26. The van der Waals surface area contributed by atoms with Gasteiger partial charge in [0.15, 0.2) is 4.96 Å². The van der Waals surface area contributed by atoms with E-state index in [1.807, 2.05) is 12.1 Å². The second kappa shape index (κ2) is 5.59. The highest BCUT2D eigenvalue weighted by molar-refractivity contribution is 7.15. The molecule has 3 bridgehead atoms. The smallest absolute Gasteiger partial charge is 0.194 e. The van der Waals surface area contributed by atoms with Crippen LogP contribution in [0.1, 0.15) is 50.6 Å². The van der Waals surface area contributed by atoms with Crippen molar-refractivity contribution in [2.75, 3.05) is 0 Å². The average Bonchev–Trinajstić information content (AvgIpc) is 3.24. The van der Waals surface area contributed by atoms with Crippen LogP contribution < -0.4 is 0 Å². The molecule has 3 fully saturated rings. The maximum absolute atomic E-state index is 6.22. The first-order valence-corrected chi connectivity index (χ1v) is 11.2. The van der Waals surface area contributed by atoms with Crippen LogP contribution in [0.5, 0.6) is 0 Å². The summed E-state index contributed by atoms with van der Waals surface area (Å²) >= 11 is 7.98. The molecule has 0 spiro atoms. The molecule has 3 aromatic rings. The molecule has 4 atom stereocenters. The van der Waals surface area contributed by atoms with Crippen LogP contribution in [0.15, 0.2) is 35.8 Å². The van der Waals surface area contributed by atoms with Gasteiger partial charge in [0.2, 0.25) is 0 Å². The second-order valence-electron chi connectivity index (χ2n) is 8.86. The van der Waals surface area contributed by atoms with E-state index in [0.717, 1.165) is 27.7 Å². The van der Waals surface area contributed by atoms with Gasteiger partial charge in [0.1, 0.15) is 0 Å². The Labute approximate surface area is 163 Å². The van der Waals surface area contributed by atoms with Gasteiger partial charge in [-0.1, -0.05) is 43.0 Å². The van der Waals surface area contributed by atoms with Crippen LogP contribution in [0.2, 0.25) is 5.02 Å². The van der Waals surface area contributed by atoms with E-state index in [9.17, 15) is 0 Å². The van der Waals surface area contributed by atoms with Crippen molar-refractivity contribution in [2.45, 2.75) is 50.4 Å². The van der Waals surface area contributed by atoms with Gasteiger partial charge in [-0.25, -0.2) is 4.98 Å². The molecule has 3 saturated carbocycles. The largest absolute Gasteiger partial charge is 0.290 e. The van der Waals surface area contributed by atoms with E-state index in [1.165, 1.54) is 61.9 Å². The maximum Gasteiger partial charge on any atom is 0.194 e. The van der Waals surface area contributed by atoms with Gasteiger partial charge in [-0.3, -0.25) is 4.40 Å². The molecule has 4 heteroatoms. The minimum absolute atomic E-state index is 0.357. The lowest BCUT2D eigenvalue weighted by atomic mass is 9.68. The number of hydrogen-bond acceptors (Lipinski definition) is 2. The fourth-order valence-electron chi connectivity index (χ4n) is 6.36. The lowest BCUT2D eigenvalue weighted by Gasteiger charge is -2.36. The van der Waals surface area contributed by atoms with Crippen LogP contribution in [0, 0.1) is 17.8 Å². The minimum atomic E-state index is 0.357. The Bertz CT molecular complexity index is 985. The van der Waals surface area contributed by atoms with E-state index in [2.05, 4.69) is 28.1 Å². The number of thiazole rings is 1. The fraction of sp³-hybridized carbons (Fsp3) is 0.500. The van der Waals surface area contributed by atoms with Gasteiger partial charge >= 0.3 is 0 Å². The van der Waals surface area contributed by atoms with E-state index >= 15 is 0 Å². The van der Waals surface area contributed by atoms with Gasteiger partial charge < -0.3 is 0 Å². The van der Waals surface area contributed by atoms with Crippen molar-refractivity contribution < 1.29 is 0 Å². The summed E-state index contributed by atoms with van der Waals surface area (Å²) in [5.41, 5.74) is 4.12. The average molecular weight is 383 g/mol. The summed E-state index contributed by atoms with van der Waals surface area (Å²) in [4.78, 5) is 6.28. The third-order valence-electron chi connectivity index (χ3n) is 7.35. The molecule has 0 N–H and O–H groups in total. The van der Waals surface area contributed by atoms with Crippen molar-refractivity contribution in [3.63, 3.8) is 0 Å². The molecular weight excluding hydrogens is 360 g/mol. The molecule has 26 heavy (non-hydrogen) atoms. The molecule has 1 aromatic carbocycles. The van der Waals surface area contributed by atoms with Gasteiger partial charge in [-0.05, 0) is 55.6 Å². The predicted octanol–water partition coefficient (Wildman–Crippen LogP) is 6.57. The number of aromatic nitrogens is 2. The molecule has 2 nitrogen and oxygen atoms in total. The van der Waals surface area contributed by atoms with E-state index in [1.54, 1.807) is 11.3 Å². The van der Waals surface area contributed by atoms with Gasteiger partial charge in [-0.2, -0.15) is 0 Å². The van der Waals surface area contributed by atoms with E-state index in [-0.39, 0.29) is 0 Å². The van der Waals surface area contributed by atoms with Gasteiger partial charge in [0.05, 0.1) is 11.4 Å². The Morgan fingerprint density at radius 2 is 2.08 bits per heavy atom. The quantitative estimate of drug-likeness (QED) is 0.489. The monoisotopic (exact) mass is 382 g/mol. The van der Waals surface area contributed by atoms with Crippen LogP contribution in [0.3, 0.4) is 0 Å². The number of benzene rings is 1. The molecule has 0 aliphatic heterocycles. The van der Waals surface area contributed by atoms with Crippen LogP contribution in [-0.4, -0.2) is 9.38 Å². The lowest BCUT2D eigenvalue weighted by Crippen LogP contribution is -2.31. The van der Waals surface area contributed by atoms with Crippen molar-refractivity contribution in [3.05, 3.63) is 46.6 Å². The Hall–Kier alpha value is -1.32. The zero-order valence-corrected chi connectivity index (χ0v) is 16.4. The molecule has 4 unspecified atom stereocenters. The molecule has 2 heterocycles. The zero-order chi connectivity index (χ0) is 17.3. The maximum atomic E-state index is 6.22. The van der Waals surface area contributed by atoms with Gasteiger partial charge in [-0.15, -0.1) is 11.3 Å². The predicted molar refractivity (Wildman–Crippen MR) is 108 cm³/mol. The van der Waals surface area contributed by atoms with Gasteiger partial charge in [0, 0.05) is 27.6 Å².